The molecular weight excluding hydrogens is 368 g/mol. The van der Waals surface area contributed by atoms with E-state index in [0.717, 1.165) is 11.3 Å². The van der Waals surface area contributed by atoms with Crippen molar-refractivity contribution in [2.45, 2.75) is 6.92 Å². The second-order valence-corrected chi connectivity index (χ2v) is 6.82. The van der Waals surface area contributed by atoms with Crippen LogP contribution in [0.1, 0.15) is 15.9 Å². The average Bonchev–Trinajstić information content (AvgIpc) is 2.66. The summed E-state index contributed by atoms with van der Waals surface area (Å²) in [6.45, 7) is 3.82. The van der Waals surface area contributed by atoms with E-state index in [1.165, 1.54) is 12.1 Å². The number of rotatable bonds is 4. The Balaban J connectivity index is 1.51. The van der Waals surface area contributed by atoms with E-state index in [1.807, 2.05) is 24.3 Å². The molecule has 0 aromatic heterocycles. The van der Waals surface area contributed by atoms with E-state index in [-0.39, 0.29) is 23.8 Å². The molecule has 1 aliphatic heterocycles. The fourth-order valence-electron chi connectivity index (χ4n) is 3.02. The highest BCUT2D eigenvalue weighted by atomic mass is 35.5. The molecule has 0 spiro atoms. The number of phenolic OH excluding ortho intramolecular Hbond substituents is 1. The molecular formula is C20H21ClN2O4. The van der Waals surface area contributed by atoms with Crippen molar-refractivity contribution in [3.63, 3.8) is 0 Å². The number of amides is 1. The van der Waals surface area contributed by atoms with Crippen LogP contribution < -0.4 is 4.90 Å². The molecule has 0 saturated carbocycles. The Morgan fingerprint density at radius 2 is 1.81 bits per heavy atom. The molecule has 1 N–H and O–H groups in total. The number of ether oxygens (including phenoxy) is 1. The van der Waals surface area contributed by atoms with Crippen molar-refractivity contribution in [2.75, 3.05) is 37.7 Å². The minimum atomic E-state index is -0.712. The molecule has 3 rings (SSSR count). The molecule has 1 amide bonds. The Hall–Kier alpha value is -2.73. The highest BCUT2D eigenvalue weighted by Crippen LogP contribution is 2.26. The molecule has 2 aromatic carbocycles. The van der Waals surface area contributed by atoms with E-state index in [1.54, 1.807) is 17.9 Å². The van der Waals surface area contributed by atoms with Gasteiger partial charge in [-0.3, -0.25) is 4.79 Å². The van der Waals surface area contributed by atoms with Crippen molar-refractivity contribution in [1.29, 1.82) is 0 Å². The molecule has 7 heteroatoms. The van der Waals surface area contributed by atoms with E-state index < -0.39 is 5.97 Å². The smallest absolute Gasteiger partial charge is 0.342 e. The van der Waals surface area contributed by atoms with Crippen LogP contribution in [0.2, 0.25) is 5.02 Å². The van der Waals surface area contributed by atoms with Crippen molar-refractivity contribution in [2.24, 2.45) is 0 Å². The fourth-order valence-corrected chi connectivity index (χ4v) is 3.27. The highest BCUT2D eigenvalue weighted by Gasteiger charge is 2.23. The van der Waals surface area contributed by atoms with E-state index >= 15 is 0 Å². The van der Waals surface area contributed by atoms with Crippen molar-refractivity contribution in [3.8, 4) is 5.75 Å². The third kappa shape index (κ3) is 4.52. The summed E-state index contributed by atoms with van der Waals surface area (Å²) in [5, 5.41) is 10.5. The Morgan fingerprint density at radius 1 is 1.11 bits per heavy atom. The second kappa shape index (κ2) is 8.31. The van der Waals surface area contributed by atoms with Crippen LogP contribution in [0.3, 0.4) is 0 Å². The lowest BCUT2D eigenvalue weighted by molar-refractivity contribution is -0.134. The predicted molar refractivity (Wildman–Crippen MR) is 103 cm³/mol. The lowest BCUT2D eigenvalue weighted by Crippen LogP contribution is -2.50. The normalized spacial score (nSPS) is 14.1. The number of hydrogen-bond donors (Lipinski definition) is 1. The molecule has 1 heterocycles. The number of hydrogen-bond acceptors (Lipinski definition) is 5. The van der Waals surface area contributed by atoms with Crippen molar-refractivity contribution in [1.82, 2.24) is 4.90 Å². The fraction of sp³-hybridized carbons (Fsp3) is 0.300. The summed E-state index contributed by atoms with van der Waals surface area (Å²) >= 11 is 6.22. The molecule has 0 bridgehead atoms. The maximum absolute atomic E-state index is 12.3. The maximum atomic E-state index is 12.3. The average molecular weight is 389 g/mol. The van der Waals surface area contributed by atoms with Crippen LogP contribution in [-0.4, -0.2) is 54.7 Å². The summed E-state index contributed by atoms with van der Waals surface area (Å²) in [6, 6.07) is 12.3. The first-order valence-electron chi connectivity index (χ1n) is 8.69. The Kier molecular flexibility index (Phi) is 5.86. The third-order valence-corrected chi connectivity index (χ3v) is 4.85. The van der Waals surface area contributed by atoms with Crippen molar-refractivity contribution in [3.05, 3.63) is 58.6 Å². The molecule has 0 unspecified atom stereocenters. The molecule has 0 atom stereocenters. The molecule has 27 heavy (non-hydrogen) atoms. The summed E-state index contributed by atoms with van der Waals surface area (Å²) in [5.41, 5.74) is 1.83. The van der Waals surface area contributed by atoms with Gasteiger partial charge in [0, 0.05) is 26.2 Å². The van der Waals surface area contributed by atoms with Crippen molar-refractivity contribution < 1.29 is 19.4 Å². The number of nitrogens with zero attached hydrogens (tertiary/aromatic N) is 2. The first-order chi connectivity index (χ1) is 13.0. The Morgan fingerprint density at radius 3 is 2.48 bits per heavy atom. The number of phenols is 1. The van der Waals surface area contributed by atoms with Crippen LogP contribution in [0, 0.1) is 6.92 Å². The molecule has 6 nitrogen and oxygen atoms in total. The zero-order valence-corrected chi connectivity index (χ0v) is 15.8. The van der Waals surface area contributed by atoms with Crippen LogP contribution in [0.25, 0.3) is 0 Å². The number of para-hydroxylation sites is 1. The van der Waals surface area contributed by atoms with E-state index in [2.05, 4.69) is 4.90 Å². The van der Waals surface area contributed by atoms with E-state index in [0.29, 0.717) is 31.2 Å². The van der Waals surface area contributed by atoms with Crippen LogP contribution in [0.5, 0.6) is 5.75 Å². The van der Waals surface area contributed by atoms with Gasteiger partial charge in [0.2, 0.25) is 0 Å². The van der Waals surface area contributed by atoms with Crippen LogP contribution >= 0.6 is 11.6 Å². The van der Waals surface area contributed by atoms with Crippen LogP contribution in [0.15, 0.2) is 42.5 Å². The zero-order chi connectivity index (χ0) is 19.4. The van der Waals surface area contributed by atoms with Gasteiger partial charge in [-0.05, 0) is 36.8 Å². The lowest BCUT2D eigenvalue weighted by atomic mass is 10.1. The number of carbonyl (C=O) groups excluding carboxylic acids is 2. The van der Waals surface area contributed by atoms with Gasteiger partial charge >= 0.3 is 5.97 Å². The third-order valence-electron chi connectivity index (χ3n) is 4.53. The number of aryl methyl sites for hydroxylation is 1. The quantitative estimate of drug-likeness (QED) is 0.815. The first-order valence-corrected chi connectivity index (χ1v) is 9.07. The predicted octanol–water partition coefficient (Wildman–Crippen LogP) is 2.86. The molecule has 142 valence electrons. The summed E-state index contributed by atoms with van der Waals surface area (Å²) < 4.78 is 5.07. The van der Waals surface area contributed by atoms with Crippen LogP contribution in [-0.2, 0) is 9.53 Å². The van der Waals surface area contributed by atoms with Gasteiger partial charge in [-0.15, -0.1) is 0 Å². The van der Waals surface area contributed by atoms with Gasteiger partial charge < -0.3 is 19.6 Å². The molecule has 2 aromatic rings. The minimum absolute atomic E-state index is 0.0527. The number of benzene rings is 2. The SMILES string of the molecule is Cc1ccc(C(=O)OCC(=O)N2CCN(c3ccccc3Cl)CC2)c(O)c1. The maximum Gasteiger partial charge on any atom is 0.342 e. The van der Waals surface area contributed by atoms with E-state index in [9.17, 15) is 14.7 Å². The number of esters is 1. The lowest BCUT2D eigenvalue weighted by Gasteiger charge is -2.36. The molecule has 1 aliphatic rings. The largest absolute Gasteiger partial charge is 0.507 e. The highest BCUT2D eigenvalue weighted by molar-refractivity contribution is 6.33. The summed E-state index contributed by atoms with van der Waals surface area (Å²) in [4.78, 5) is 28.2. The number of anilines is 1. The van der Waals surface area contributed by atoms with Gasteiger partial charge in [0.25, 0.3) is 5.91 Å². The van der Waals surface area contributed by atoms with Gasteiger partial charge in [0.1, 0.15) is 11.3 Å². The van der Waals surface area contributed by atoms with Gasteiger partial charge in [0.05, 0.1) is 10.7 Å². The van der Waals surface area contributed by atoms with Crippen molar-refractivity contribution >= 4 is 29.2 Å². The molecule has 0 radical (unpaired) electrons. The Bertz CT molecular complexity index is 848. The first kappa shape index (κ1) is 19.0. The summed E-state index contributed by atoms with van der Waals surface area (Å²) in [7, 11) is 0. The minimum Gasteiger partial charge on any atom is -0.507 e. The molecule has 1 fully saturated rings. The zero-order valence-electron chi connectivity index (χ0n) is 15.0. The van der Waals surface area contributed by atoms with Gasteiger partial charge in [-0.1, -0.05) is 29.8 Å². The summed E-state index contributed by atoms with van der Waals surface area (Å²) in [6.07, 6.45) is 0. The standard InChI is InChI=1S/C20H21ClN2O4/c1-14-6-7-15(18(24)12-14)20(26)27-13-19(25)23-10-8-22(9-11-23)17-5-3-2-4-16(17)21/h2-7,12,24H,8-11,13H2,1H3. The second-order valence-electron chi connectivity index (χ2n) is 6.42. The Labute approximate surface area is 162 Å². The number of piperazine rings is 1. The van der Waals surface area contributed by atoms with Crippen LogP contribution in [0.4, 0.5) is 5.69 Å². The summed E-state index contributed by atoms with van der Waals surface area (Å²) in [5.74, 6) is -1.12. The van der Waals surface area contributed by atoms with Gasteiger partial charge in [-0.25, -0.2) is 4.79 Å². The topological polar surface area (TPSA) is 70.1 Å². The monoisotopic (exact) mass is 388 g/mol. The van der Waals surface area contributed by atoms with Gasteiger partial charge in [0.15, 0.2) is 6.61 Å². The number of halogens is 1. The molecule has 1 saturated heterocycles. The number of carbonyl (C=O) groups is 2. The number of aromatic hydroxyl groups is 1. The van der Waals surface area contributed by atoms with E-state index in [4.69, 9.17) is 16.3 Å². The molecule has 0 aliphatic carbocycles. The van der Waals surface area contributed by atoms with Gasteiger partial charge in [-0.2, -0.15) is 0 Å².